The summed E-state index contributed by atoms with van der Waals surface area (Å²) in [6.45, 7) is 0. The Hall–Kier alpha value is -3.68. The molecule has 0 saturated carbocycles. The third-order valence-corrected chi connectivity index (χ3v) is 14.5. The molecule has 0 atom stereocenters. The van der Waals surface area contributed by atoms with Gasteiger partial charge in [-0.05, 0) is 0 Å². The molecular formula is C30H19N2OSb. The Morgan fingerprint density at radius 3 is 1.29 bits per heavy atom. The standard InChI is InChI=1S/C30H19N2O.Sb/c1-3-10-23(11-4-1)31-25-14-7-15-26(20-25)32(24-12-5-2-6-13-24)28-17-9-19-30(22-28)33-29-18-8-16-27(31)21-29;/h1-19H;. The number of nitrogens with zero attached hydrogens (tertiary/aromatic N) is 2. The Morgan fingerprint density at radius 1 is 0.412 bits per heavy atom. The van der Waals surface area contributed by atoms with Gasteiger partial charge in [0.25, 0.3) is 0 Å². The van der Waals surface area contributed by atoms with Gasteiger partial charge in [-0.2, -0.15) is 0 Å². The summed E-state index contributed by atoms with van der Waals surface area (Å²) in [5.74, 6) is 2.05. The van der Waals surface area contributed by atoms with E-state index in [0.29, 0.717) is 0 Å². The minimum atomic E-state index is -2.36. The van der Waals surface area contributed by atoms with Crippen LogP contribution in [0.5, 0.6) is 11.5 Å². The number of ether oxygens (including phenoxy) is 1. The van der Waals surface area contributed by atoms with Gasteiger partial charge in [0.05, 0.1) is 0 Å². The summed E-state index contributed by atoms with van der Waals surface area (Å²) in [4.78, 5) is 4.87. The van der Waals surface area contributed by atoms with Gasteiger partial charge < -0.3 is 0 Å². The zero-order chi connectivity index (χ0) is 22.2. The molecule has 0 fully saturated rings. The third kappa shape index (κ3) is 2.38. The van der Waals surface area contributed by atoms with Gasteiger partial charge in [-0.25, -0.2) is 0 Å². The molecule has 3 aliphatic rings. The number of hydrogen-bond acceptors (Lipinski definition) is 3. The van der Waals surface area contributed by atoms with Crippen molar-refractivity contribution < 1.29 is 4.74 Å². The average Bonchev–Trinajstić information content (AvgIpc) is 2.90. The summed E-state index contributed by atoms with van der Waals surface area (Å²) in [7, 11) is 0. The molecule has 0 bridgehead atoms. The fraction of sp³-hybridized carbons (Fsp3) is 0. The van der Waals surface area contributed by atoms with Gasteiger partial charge in [-0.3, -0.25) is 0 Å². The van der Waals surface area contributed by atoms with E-state index >= 15 is 0 Å². The number of anilines is 6. The van der Waals surface area contributed by atoms with E-state index in [1.807, 2.05) is 0 Å². The van der Waals surface area contributed by atoms with Gasteiger partial charge in [0.2, 0.25) is 0 Å². The molecule has 160 valence electrons. The van der Waals surface area contributed by atoms with E-state index in [9.17, 15) is 0 Å². The first-order chi connectivity index (χ1) is 16.9. The van der Waals surface area contributed by atoms with Crippen molar-refractivity contribution >= 4 is 64.9 Å². The molecule has 34 heavy (non-hydrogen) atoms. The molecular weight excluding hydrogens is 526 g/mol. The van der Waals surface area contributed by atoms with Gasteiger partial charge in [0, 0.05) is 0 Å². The van der Waals surface area contributed by atoms with E-state index in [-0.39, 0.29) is 0 Å². The second kappa shape index (κ2) is 6.91. The monoisotopic (exact) mass is 544 g/mol. The zero-order valence-electron chi connectivity index (χ0n) is 18.2. The Kier molecular flexibility index (Phi) is 3.80. The van der Waals surface area contributed by atoms with Crippen LogP contribution in [0.25, 0.3) is 0 Å². The van der Waals surface area contributed by atoms with Crippen LogP contribution in [0.1, 0.15) is 0 Å². The van der Waals surface area contributed by atoms with Gasteiger partial charge in [0.1, 0.15) is 0 Å². The molecule has 5 aromatic rings. The van der Waals surface area contributed by atoms with Gasteiger partial charge >= 0.3 is 206 Å². The summed E-state index contributed by atoms with van der Waals surface area (Å²) in [5.41, 5.74) is 7.51. The molecule has 4 heteroatoms. The Bertz CT molecular complexity index is 1480. The Labute approximate surface area is 205 Å². The first-order valence-corrected chi connectivity index (χ1v) is 15.3. The fourth-order valence-electron chi connectivity index (χ4n) is 5.53. The normalized spacial score (nSPS) is 14.5. The van der Waals surface area contributed by atoms with Crippen LogP contribution in [-0.2, 0) is 0 Å². The van der Waals surface area contributed by atoms with Crippen LogP contribution >= 0.6 is 0 Å². The summed E-state index contributed by atoms with van der Waals surface area (Å²) in [6, 6.07) is 41.4. The summed E-state index contributed by atoms with van der Waals surface area (Å²) in [5, 5.41) is 0. The molecule has 5 aromatic carbocycles. The van der Waals surface area contributed by atoms with Crippen LogP contribution in [0.15, 0.2) is 115 Å². The molecule has 0 amide bonds. The van der Waals surface area contributed by atoms with Gasteiger partial charge in [-0.15, -0.1) is 0 Å². The summed E-state index contributed by atoms with van der Waals surface area (Å²) < 4.78 is 11.0. The van der Waals surface area contributed by atoms with Crippen LogP contribution in [0, 0.1) is 0 Å². The molecule has 0 radical (unpaired) electrons. The first-order valence-electron chi connectivity index (χ1n) is 11.5. The van der Waals surface area contributed by atoms with Crippen LogP contribution in [0.3, 0.4) is 0 Å². The third-order valence-electron chi connectivity index (χ3n) is 6.83. The van der Waals surface area contributed by atoms with Crippen molar-refractivity contribution in [1.29, 1.82) is 0 Å². The minimum absolute atomic E-state index is 1.03. The van der Waals surface area contributed by atoms with Crippen molar-refractivity contribution in [2.75, 3.05) is 9.80 Å². The molecule has 0 spiro atoms. The van der Waals surface area contributed by atoms with E-state index < -0.39 is 20.2 Å². The van der Waals surface area contributed by atoms with Crippen LogP contribution < -0.4 is 25.1 Å². The van der Waals surface area contributed by atoms with Gasteiger partial charge in [-0.1, -0.05) is 0 Å². The number of hydrogen-bond donors (Lipinski definition) is 0. The molecule has 0 aliphatic carbocycles. The number of para-hydroxylation sites is 2. The van der Waals surface area contributed by atoms with Crippen molar-refractivity contribution in [2.24, 2.45) is 0 Å². The van der Waals surface area contributed by atoms with E-state index in [1.165, 1.54) is 44.7 Å². The summed E-state index contributed by atoms with van der Waals surface area (Å²) in [6.07, 6.45) is 0. The van der Waals surface area contributed by atoms with Crippen LogP contribution in [0.4, 0.5) is 34.1 Å². The molecule has 0 unspecified atom stereocenters. The van der Waals surface area contributed by atoms with Crippen molar-refractivity contribution in [2.45, 2.75) is 0 Å². The average molecular weight is 545 g/mol. The molecule has 0 aromatic heterocycles. The van der Waals surface area contributed by atoms with E-state index in [2.05, 4.69) is 125 Å². The van der Waals surface area contributed by atoms with Crippen LogP contribution in [-0.4, -0.2) is 20.2 Å². The number of benzene rings is 5. The van der Waals surface area contributed by atoms with Gasteiger partial charge in [0.15, 0.2) is 0 Å². The molecule has 3 heterocycles. The fourth-order valence-corrected chi connectivity index (χ4v) is 14.0. The van der Waals surface area contributed by atoms with Crippen molar-refractivity contribution in [1.82, 2.24) is 0 Å². The Morgan fingerprint density at radius 2 is 0.824 bits per heavy atom. The zero-order valence-corrected chi connectivity index (χ0v) is 20.8. The maximum atomic E-state index is 6.61. The first kappa shape index (κ1) is 18.7. The SMILES string of the molecule is c1ccc(N2c3cccc4[c]3[Sb]3[c]5c(cccc5N(c5ccccc5)c5cccc2[c]53)O4)cc1. The van der Waals surface area contributed by atoms with Crippen LogP contribution in [0.2, 0.25) is 0 Å². The van der Waals surface area contributed by atoms with Crippen molar-refractivity contribution in [3.63, 3.8) is 0 Å². The number of rotatable bonds is 2. The quantitative estimate of drug-likeness (QED) is 0.253. The van der Waals surface area contributed by atoms with E-state index in [0.717, 1.165) is 11.5 Å². The van der Waals surface area contributed by atoms with E-state index in [4.69, 9.17) is 4.74 Å². The second-order valence-electron chi connectivity index (χ2n) is 8.67. The summed E-state index contributed by atoms with van der Waals surface area (Å²) >= 11 is -2.36. The molecule has 0 saturated heterocycles. The van der Waals surface area contributed by atoms with Crippen molar-refractivity contribution in [3.8, 4) is 11.5 Å². The predicted octanol–water partition coefficient (Wildman–Crippen LogP) is 5.87. The van der Waals surface area contributed by atoms with E-state index in [1.54, 1.807) is 0 Å². The maximum absolute atomic E-state index is 6.61. The molecule has 8 rings (SSSR count). The predicted molar refractivity (Wildman–Crippen MR) is 141 cm³/mol. The molecule has 3 nitrogen and oxygen atoms in total. The van der Waals surface area contributed by atoms with Crippen molar-refractivity contribution in [3.05, 3.63) is 115 Å². The second-order valence-corrected chi connectivity index (χ2v) is 14.4. The Balaban J connectivity index is 1.52. The topological polar surface area (TPSA) is 15.7 Å². The molecule has 0 N–H and O–H groups in total. The molecule has 3 aliphatic heterocycles.